The molecule has 1 heterocycles. The predicted octanol–water partition coefficient (Wildman–Crippen LogP) is 2.85. The van der Waals surface area contributed by atoms with Gasteiger partial charge in [-0.25, -0.2) is 4.79 Å². The fourth-order valence-electron chi connectivity index (χ4n) is 3.82. The highest BCUT2D eigenvalue weighted by Gasteiger charge is 2.47. The fourth-order valence-corrected chi connectivity index (χ4v) is 3.82. The smallest absolute Gasteiger partial charge is 0.326 e. The first-order valence-electron chi connectivity index (χ1n) is 7.70. The molecule has 4 heteroatoms. The van der Waals surface area contributed by atoms with Crippen molar-refractivity contribution in [3.63, 3.8) is 0 Å². The van der Waals surface area contributed by atoms with E-state index in [1.54, 1.807) is 17.0 Å². The van der Waals surface area contributed by atoms with Gasteiger partial charge in [-0.1, -0.05) is 30.5 Å². The largest absolute Gasteiger partial charge is 0.480 e. The molecule has 3 unspecified atom stereocenters. The Morgan fingerprint density at radius 1 is 1.14 bits per heavy atom. The molecule has 4 nitrogen and oxygen atoms in total. The Balaban J connectivity index is 1.90. The van der Waals surface area contributed by atoms with Crippen LogP contribution >= 0.6 is 0 Å². The van der Waals surface area contributed by atoms with E-state index in [0.29, 0.717) is 17.9 Å². The van der Waals surface area contributed by atoms with Crippen molar-refractivity contribution in [2.75, 3.05) is 0 Å². The number of hydrogen-bond donors (Lipinski definition) is 1. The number of rotatable bonds is 2. The first-order chi connectivity index (χ1) is 10.1. The van der Waals surface area contributed by atoms with E-state index in [0.717, 1.165) is 31.2 Å². The molecule has 1 saturated carbocycles. The Kier molecular flexibility index (Phi) is 3.70. The van der Waals surface area contributed by atoms with Gasteiger partial charge in [-0.2, -0.15) is 0 Å². The zero-order valence-corrected chi connectivity index (χ0v) is 12.3. The summed E-state index contributed by atoms with van der Waals surface area (Å²) in [5, 5.41) is 9.48. The van der Waals surface area contributed by atoms with E-state index in [9.17, 15) is 14.7 Å². The van der Waals surface area contributed by atoms with Crippen molar-refractivity contribution in [3.05, 3.63) is 35.4 Å². The lowest BCUT2D eigenvalue weighted by Crippen LogP contribution is -2.46. The van der Waals surface area contributed by atoms with Gasteiger partial charge in [0.25, 0.3) is 5.91 Å². The molecular weight excluding hydrogens is 266 g/mol. The molecule has 0 spiro atoms. The standard InChI is InChI=1S/C17H21NO3/c1-11-6-8-12(9-7-11)16(19)18-14-5-3-2-4-13(14)10-15(18)17(20)21/h6-9,13-15H,2-5,10H2,1H3,(H,20,21). The minimum atomic E-state index is -0.870. The molecule has 0 bridgehead atoms. The number of amides is 1. The van der Waals surface area contributed by atoms with Crippen molar-refractivity contribution < 1.29 is 14.7 Å². The number of carboxylic acids is 1. The Labute approximate surface area is 124 Å². The van der Waals surface area contributed by atoms with Crippen LogP contribution in [0.25, 0.3) is 0 Å². The van der Waals surface area contributed by atoms with Crippen LogP contribution in [0.5, 0.6) is 0 Å². The molecule has 3 rings (SSSR count). The molecule has 1 aromatic carbocycles. The number of likely N-dealkylation sites (tertiary alicyclic amines) is 1. The molecule has 1 N–H and O–H groups in total. The molecule has 1 saturated heterocycles. The SMILES string of the molecule is Cc1ccc(C(=O)N2C(C(=O)O)CC3CCCCC32)cc1. The average Bonchev–Trinajstić information content (AvgIpc) is 2.87. The second-order valence-corrected chi connectivity index (χ2v) is 6.28. The van der Waals surface area contributed by atoms with E-state index < -0.39 is 12.0 Å². The highest BCUT2D eigenvalue weighted by molar-refractivity contribution is 5.97. The zero-order chi connectivity index (χ0) is 15.0. The van der Waals surface area contributed by atoms with Crippen LogP contribution in [0.1, 0.15) is 48.0 Å². The molecule has 2 aliphatic rings. The summed E-state index contributed by atoms with van der Waals surface area (Å²) in [6.45, 7) is 1.97. The second kappa shape index (κ2) is 5.51. The molecule has 0 radical (unpaired) electrons. The molecule has 1 aliphatic carbocycles. The lowest BCUT2D eigenvalue weighted by Gasteiger charge is -2.33. The van der Waals surface area contributed by atoms with Crippen molar-refractivity contribution in [2.24, 2.45) is 5.92 Å². The van der Waals surface area contributed by atoms with Gasteiger partial charge in [0, 0.05) is 11.6 Å². The number of aryl methyl sites for hydroxylation is 1. The van der Waals surface area contributed by atoms with Crippen molar-refractivity contribution in [1.29, 1.82) is 0 Å². The third kappa shape index (κ3) is 2.55. The number of fused-ring (bicyclic) bond motifs is 1. The number of carbonyl (C=O) groups is 2. The van der Waals surface area contributed by atoms with Gasteiger partial charge in [0.2, 0.25) is 0 Å². The van der Waals surface area contributed by atoms with E-state index in [2.05, 4.69) is 0 Å². The van der Waals surface area contributed by atoms with Gasteiger partial charge in [-0.15, -0.1) is 0 Å². The molecule has 1 amide bonds. The summed E-state index contributed by atoms with van der Waals surface area (Å²) in [5.74, 6) is -0.643. The van der Waals surface area contributed by atoms with Crippen molar-refractivity contribution in [1.82, 2.24) is 4.90 Å². The van der Waals surface area contributed by atoms with Crippen molar-refractivity contribution >= 4 is 11.9 Å². The molecule has 21 heavy (non-hydrogen) atoms. The lowest BCUT2D eigenvalue weighted by molar-refractivity contribution is -0.141. The maximum atomic E-state index is 12.8. The summed E-state index contributed by atoms with van der Waals surface area (Å²) in [4.78, 5) is 26.0. The highest BCUT2D eigenvalue weighted by Crippen LogP contribution is 2.40. The normalized spacial score (nSPS) is 28.2. The van der Waals surface area contributed by atoms with Gasteiger partial charge in [-0.3, -0.25) is 4.79 Å². The van der Waals surface area contributed by atoms with Crippen LogP contribution < -0.4 is 0 Å². The molecule has 3 atom stereocenters. The van der Waals surface area contributed by atoms with Gasteiger partial charge in [0.1, 0.15) is 6.04 Å². The summed E-state index contributed by atoms with van der Waals surface area (Å²) in [7, 11) is 0. The minimum absolute atomic E-state index is 0.105. The van der Waals surface area contributed by atoms with Gasteiger partial charge in [0.05, 0.1) is 0 Å². The van der Waals surface area contributed by atoms with Crippen molar-refractivity contribution in [2.45, 2.75) is 51.1 Å². The Bertz CT molecular complexity index is 552. The summed E-state index contributed by atoms with van der Waals surface area (Å²) in [5.41, 5.74) is 1.69. The number of carbonyl (C=O) groups excluding carboxylic acids is 1. The topological polar surface area (TPSA) is 57.6 Å². The van der Waals surface area contributed by atoms with E-state index >= 15 is 0 Å². The van der Waals surface area contributed by atoms with Gasteiger partial charge in [-0.05, 0) is 44.2 Å². The molecule has 2 fully saturated rings. The maximum Gasteiger partial charge on any atom is 0.326 e. The van der Waals surface area contributed by atoms with Crippen LogP contribution in [0.3, 0.4) is 0 Å². The van der Waals surface area contributed by atoms with Gasteiger partial charge in [0.15, 0.2) is 0 Å². The van der Waals surface area contributed by atoms with E-state index in [1.165, 1.54) is 0 Å². The maximum absolute atomic E-state index is 12.8. The van der Waals surface area contributed by atoms with Crippen LogP contribution in [0.4, 0.5) is 0 Å². The summed E-state index contributed by atoms with van der Waals surface area (Å²) >= 11 is 0. The number of hydrogen-bond acceptors (Lipinski definition) is 2. The third-order valence-electron chi connectivity index (χ3n) is 4.91. The number of nitrogens with zero attached hydrogens (tertiary/aromatic N) is 1. The third-order valence-corrected chi connectivity index (χ3v) is 4.91. The number of benzene rings is 1. The van der Waals surface area contributed by atoms with E-state index in [4.69, 9.17) is 0 Å². The van der Waals surface area contributed by atoms with Crippen LogP contribution in [-0.2, 0) is 4.79 Å². The monoisotopic (exact) mass is 287 g/mol. The minimum Gasteiger partial charge on any atom is -0.480 e. The molecule has 1 aromatic rings. The molecular formula is C17H21NO3. The average molecular weight is 287 g/mol. The van der Waals surface area contributed by atoms with Crippen LogP contribution in [0.15, 0.2) is 24.3 Å². The van der Waals surface area contributed by atoms with E-state index in [1.807, 2.05) is 19.1 Å². The van der Waals surface area contributed by atoms with Crippen LogP contribution in [0.2, 0.25) is 0 Å². The van der Waals surface area contributed by atoms with Crippen molar-refractivity contribution in [3.8, 4) is 0 Å². The Morgan fingerprint density at radius 2 is 1.81 bits per heavy atom. The first kappa shape index (κ1) is 14.1. The lowest BCUT2D eigenvalue weighted by atomic mass is 9.84. The molecule has 112 valence electrons. The van der Waals surface area contributed by atoms with Gasteiger partial charge >= 0.3 is 5.97 Å². The van der Waals surface area contributed by atoms with Crippen LogP contribution in [0, 0.1) is 12.8 Å². The predicted molar refractivity (Wildman–Crippen MR) is 79.1 cm³/mol. The summed E-state index contributed by atoms with van der Waals surface area (Å²) in [6.07, 6.45) is 4.83. The zero-order valence-electron chi connectivity index (χ0n) is 12.3. The first-order valence-corrected chi connectivity index (χ1v) is 7.70. The Hall–Kier alpha value is -1.84. The summed E-state index contributed by atoms with van der Waals surface area (Å²) < 4.78 is 0. The Morgan fingerprint density at radius 3 is 2.48 bits per heavy atom. The summed E-state index contributed by atoms with van der Waals surface area (Å²) in [6, 6.07) is 6.84. The number of carboxylic acid groups (broad SMARTS) is 1. The number of aliphatic carboxylic acids is 1. The van der Waals surface area contributed by atoms with E-state index in [-0.39, 0.29) is 11.9 Å². The van der Waals surface area contributed by atoms with Crippen LogP contribution in [-0.4, -0.2) is 34.0 Å². The second-order valence-electron chi connectivity index (χ2n) is 6.28. The fraction of sp³-hybridized carbons (Fsp3) is 0.529. The van der Waals surface area contributed by atoms with Gasteiger partial charge < -0.3 is 10.0 Å². The highest BCUT2D eigenvalue weighted by atomic mass is 16.4. The quantitative estimate of drug-likeness (QED) is 0.910. The molecule has 0 aromatic heterocycles. The molecule has 1 aliphatic heterocycles.